The van der Waals surface area contributed by atoms with Crippen LogP contribution in [0.25, 0.3) is 0 Å². The van der Waals surface area contributed by atoms with Crippen LogP contribution in [-0.4, -0.2) is 46.8 Å². The van der Waals surface area contributed by atoms with E-state index in [9.17, 15) is 14.4 Å². The predicted molar refractivity (Wildman–Crippen MR) is 154 cm³/mol. The fourth-order valence-electron chi connectivity index (χ4n) is 5.04. The van der Waals surface area contributed by atoms with Crippen LogP contribution in [-0.2, 0) is 11.3 Å². The molecule has 7 nitrogen and oxygen atoms in total. The largest absolute Gasteiger partial charge is 0.481 e. The fourth-order valence-corrected chi connectivity index (χ4v) is 5.45. The molecule has 2 aromatic carbocycles. The van der Waals surface area contributed by atoms with Crippen molar-refractivity contribution in [1.29, 1.82) is 0 Å². The third kappa shape index (κ3) is 8.25. The smallest absolute Gasteiger partial charge is 0.322 e. The number of aliphatic carboxylic acids is 1. The van der Waals surface area contributed by atoms with Gasteiger partial charge in [0.25, 0.3) is 5.91 Å². The highest BCUT2D eigenvalue weighted by Gasteiger charge is 2.35. The van der Waals surface area contributed by atoms with Crippen LogP contribution in [0.5, 0.6) is 0 Å². The van der Waals surface area contributed by atoms with Crippen LogP contribution in [0.1, 0.15) is 75.2 Å². The van der Waals surface area contributed by atoms with Crippen LogP contribution >= 0.6 is 11.8 Å². The number of carbonyl (C=O) groups is 3. The number of urea groups is 1. The molecule has 1 aliphatic carbocycles. The van der Waals surface area contributed by atoms with Gasteiger partial charge in [-0.1, -0.05) is 39.3 Å². The lowest BCUT2D eigenvalue weighted by Gasteiger charge is -2.42. The maximum atomic E-state index is 13.6. The number of hydrogen-bond donors (Lipinski definition) is 3. The number of carboxylic acid groups (broad SMARTS) is 1. The molecule has 1 aliphatic rings. The molecule has 3 N–H and O–H groups in total. The van der Waals surface area contributed by atoms with Gasteiger partial charge in [0.05, 0.1) is 6.42 Å². The molecule has 3 amide bonds. The van der Waals surface area contributed by atoms with Gasteiger partial charge in [0, 0.05) is 35.3 Å². The number of amides is 3. The zero-order chi connectivity index (χ0) is 27.7. The minimum Gasteiger partial charge on any atom is -0.481 e. The van der Waals surface area contributed by atoms with E-state index in [2.05, 4.69) is 31.4 Å². The summed E-state index contributed by atoms with van der Waals surface area (Å²) in [4.78, 5) is 39.6. The topological polar surface area (TPSA) is 98.7 Å². The molecule has 0 unspecified atom stereocenters. The first-order valence-corrected chi connectivity index (χ1v) is 14.7. The average molecular weight is 540 g/mol. The van der Waals surface area contributed by atoms with Gasteiger partial charge >= 0.3 is 12.0 Å². The zero-order valence-corrected chi connectivity index (χ0v) is 23.8. The Balaban J connectivity index is 1.72. The highest BCUT2D eigenvalue weighted by Crippen LogP contribution is 2.41. The lowest BCUT2D eigenvalue weighted by molar-refractivity contribution is -0.136. The maximum absolute atomic E-state index is 13.6. The van der Waals surface area contributed by atoms with Crippen molar-refractivity contribution in [3.63, 3.8) is 0 Å². The van der Waals surface area contributed by atoms with Crippen molar-refractivity contribution in [2.75, 3.05) is 18.1 Å². The monoisotopic (exact) mass is 539 g/mol. The van der Waals surface area contributed by atoms with Gasteiger partial charge in [-0.25, -0.2) is 4.79 Å². The van der Waals surface area contributed by atoms with E-state index in [1.807, 2.05) is 47.6 Å². The quantitative estimate of drug-likeness (QED) is 0.278. The first-order valence-electron chi connectivity index (χ1n) is 13.4. The fraction of sp³-hybridized carbons (Fsp3) is 0.500. The van der Waals surface area contributed by atoms with Crippen molar-refractivity contribution in [2.45, 2.75) is 76.8 Å². The molecule has 0 aliphatic heterocycles. The molecule has 0 atom stereocenters. The predicted octanol–water partition coefficient (Wildman–Crippen LogP) is 6.64. The summed E-state index contributed by atoms with van der Waals surface area (Å²) >= 11 is 1.66. The molecule has 3 rings (SSSR count). The molecule has 2 aromatic rings. The SMILES string of the molecule is CCC(C)(C)C1CCC(N(Cc2ccc(C(=O)NCCC(=O)O)cc2)C(=O)Nc2ccc(SC)cc2)CC1. The van der Waals surface area contributed by atoms with Crippen LogP contribution in [0, 0.1) is 11.3 Å². The third-order valence-electron chi connectivity index (χ3n) is 7.95. The van der Waals surface area contributed by atoms with Crippen molar-refractivity contribution in [3.05, 3.63) is 59.7 Å². The van der Waals surface area contributed by atoms with Crippen LogP contribution in [0.3, 0.4) is 0 Å². The second-order valence-corrected chi connectivity index (χ2v) is 11.6. The first-order chi connectivity index (χ1) is 18.1. The van der Waals surface area contributed by atoms with E-state index < -0.39 is 5.97 Å². The van der Waals surface area contributed by atoms with E-state index in [1.165, 1.54) is 0 Å². The standard InChI is InChI=1S/C30H41N3O4S/c1-5-30(2,3)23-10-14-25(15-11-23)33(29(37)32-24-12-16-26(38-4)17-13-24)20-21-6-8-22(9-7-21)28(36)31-19-18-27(34)35/h6-9,12-13,16-17,23,25H,5,10-11,14-15,18-20H2,1-4H3,(H,31,36)(H,32,37)(H,34,35). The van der Waals surface area contributed by atoms with Crippen LogP contribution in [0.4, 0.5) is 10.5 Å². The van der Waals surface area contributed by atoms with Crippen molar-refractivity contribution < 1.29 is 19.5 Å². The first kappa shape index (κ1) is 29.6. The van der Waals surface area contributed by atoms with Crippen LogP contribution in [0.2, 0.25) is 0 Å². The number of carboxylic acids is 1. The Morgan fingerprint density at radius 2 is 1.63 bits per heavy atom. The van der Waals surface area contributed by atoms with Gasteiger partial charge in [0.15, 0.2) is 0 Å². The van der Waals surface area contributed by atoms with E-state index in [0.29, 0.717) is 23.4 Å². The molecule has 0 radical (unpaired) electrons. The number of carbonyl (C=O) groups excluding carboxylic acids is 2. The molecule has 0 aromatic heterocycles. The second-order valence-electron chi connectivity index (χ2n) is 10.7. The highest BCUT2D eigenvalue weighted by molar-refractivity contribution is 7.98. The second kappa shape index (κ2) is 13.7. The Kier molecular flexibility index (Phi) is 10.6. The summed E-state index contributed by atoms with van der Waals surface area (Å²) in [5, 5.41) is 14.5. The molecule has 1 fully saturated rings. The van der Waals surface area contributed by atoms with Gasteiger partial charge in [-0.2, -0.15) is 0 Å². The number of anilines is 1. The molecule has 8 heteroatoms. The van der Waals surface area contributed by atoms with Crippen molar-refractivity contribution >= 4 is 35.4 Å². The van der Waals surface area contributed by atoms with Crippen molar-refractivity contribution in [2.24, 2.45) is 11.3 Å². The van der Waals surface area contributed by atoms with Gasteiger partial charge < -0.3 is 20.6 Å². The summed E-state index contributed by atoms with van der Waals surface area (Å²) in [7, 11) is 0. The molecule has 38 heavy (non-hydrogen) atoms. The molecule has 0 heterocycles. The average Bonchev–Trinajstić information content (AvgIpc) is 2.92. The van der Waals surface area contributed by atoms with E-state index in [-0.39, 0.29) is 30.9 Å². The summed E-state index contributed by atoms with van der Waals surface area (Å²) in [5.74, 6) is -0.601. The molecule has 206 valence electrons. The lowest BCUT2D eigenvalue weighted by Crippen LogP contribution is -2.45. The molecule has 1 saturated carbocycles. The van der Waals surface area contributed by atoms with E-state index >= 15 is 0 Å². The number of hydrogen-bond acceptors (Lipinski definition) is 4. The Labute approximate surface area is 230 Å². The number of nitrogens with zero attached hydrogens (tertiary/aromatic N) is 1. The molecule has 0 bridgehead atoms. The normalized spacial score (nSPS) is 17.5. The van der Waals surface area contributed by atoms with Gasteiger partial charge in [0.2, 0.25) is 0 Å². The Bertz CT molecular complexity index is 1080. The summed E-state index contributed by atoms with van der Waals surface area (Å²) in [6, 6.07) is 15.1. The number of thioether (sulfide) groups is 1. The summed E-state index contributed by atoms with van der Waals surface area (Å²) < 4.78 is 0. The Morgan fingerprint density at radius 1 is 1.00 bits per heavy atom. The molecule has 0 spiro atoms. The molecule has 0 saturated heterocycles. The Hall–Kier alpha value is -3.00. The van der Waals surface area contributed by atoms with Crippen LogP contribution in [0.15, 0.2) is 53.4 Å². The zero-order valence-electron chi connectivity index (χ0n) is 23.0. The minimum absolute atomic E-state index is 0.0826. The highest BCUT2D eigenvalue weighted by atomic mass is 32.2. The maximum Gasteiger partial charge on any atom is 0.322 e. The van der Waals surface area contributed by atoms with Crippen molar-refractivity contribution in [3.8, 4) is 0 Å². The minimum atomic E-state index is -0.952. The molecular weight excluding hydrogens is 498 g/mol. The molecular formula is C30H41N3O4S. The number of benzene rings is 2. The Morgan fingerprint density at radius 3 is 2.18 bits per heavy atom. The van der Waals surface area contributed by atoms with Crippen molar-refractivity contribution in [1.82, 2.24) is 10.2 Å². The van der Waals surface area contributed by atoms with Crippen LogP contribution < -0.4 is 10.6 Å². The van der Waals surface area contributed by atoms with Gasteiger partial charge in [-0.05, 0) is 85.2 Å². The van der Waals surface area contributed by atoms with E-state index in [1.54, 1.807) is 23.9 Å². The summed E-state index contributed by atoms with van der Waals surface area (Å²) in [5.41, 5.74) is 2.48. The van der Waals surface area contributed by atoms with Gasteiger partial charge in [-0.15, -0.1) is 11.8 Å². The van der Waals surface area contributed by atoms with Gasteiger partial charge in [-0.3, -0.25) is 9.59 Å². The number of rotatable bonds is 11. The number of nitrogens with one attached hydrogen (secondary N) is 2. The summed E-state index contributed by atoms with van der Waals surface area (Å²) in [6.07, 6.45) is 7.20. The van der Waals surface area contributed by atoms with E-state index in [4.69, 9.17) is 5.11 Å². The third-order valence-corrected chi connectivity index (χ3v) is 8.69. The lowest BCUT2D eigenvalue weighted by atomic mass is 9.68. The van der Waals surface area contributed by atoms with Gasteiger partial charge in [0.1, 0.15) is 0 Å². The summed E-state index contributed by atoms with van der Waals surface area (Å²) in [6.45, 7) is 7.48. The van der Waals surface area contributed by atoms with E-state index in [0.717, 1.165) is 48.3 Å².